The molecule has 0 fully saturated rings. The van der Waals surface area contributed by atoms with Gasteiger partial charge in [-0.1, -0.05) is 23.5 Å². The predicted octanol–water partition coefficient (Wildman–Crippen LogP) is 2.37. The molecule has 0 spiro atoms. The van der Waals surface area contributed by atoms with Gasteiger partial charge in [0.05, 0.1) is 12.7 Å². The molecule has 0 aliphatic heterocycles. The number of pyridine rings is 1. The van der Waals surface area contributed by atoms with Crippen LogP contribution in [0.4, 0.5) is 5.13 Å². The van der Waals surface area contributed by atoms with Crippen LogP contribution in [0.3, 0.4) is 0 Å². The average Bonchev–Trinajstić information content (AvgIpc) is 3.17. The third-order valence-electron chi connectivity index (χ3n) is 3.64. The molecule has 0 saturated carbocycles. The number of rotatable bonds is 6. The van der Waals surface area contributed by atoms with Gasteiger partial charge in [-0.25, -0.2) is 0 Å². The van der Waals surface area contributed by atoms with Crippen LogP contribution in [0, 0.1) is 0 Å². The lowest BCUT2D eigenvalue weighted by Crippen LogP contribution is -2.41. The lowest BCUT2D eigenvalue weighted by atomic mass is 10.2. The third kappa shape index (κ3) is 4.64. The largest absolute Gasteiger partial charge is 0.497 e. The number of hydrogen-bond acceptors (Lipinski definition) is 7. The van der Waals surface area contributed by atoms with Crippen LogP contribution in [0.25, 0.3) is 10.6 Å². The summed E-state index contributed by atoms with van der Waals surface area (Å²) in [7, 11) is 1.59. The Morgan fingerprint density at radius 2 is 2.04 bits per heavy atom. The van der Waals surface area contributed by atoms with Gasteiger partial charge in [-0.3, -0.25) is 19.9 Å². The summed E-state index contributed by atoms with van der Waals surface area (Å²) in [5.74, 6) is -0.0549. The van der Waals surface area contributed by atoms with Crippen molar-refractivity contribution in [3.63, 3.8) is 0 Å². The average molecular weight is 383 g/mol. The molecule has 2 N–H and O–H groups in total. The van der Waals surface area contributed by atoms with Crippen LogP contribution in [-0.4, -0.2) is 40.1 Å². The molecule has 0 aliphatic carbocycles. The molecule has 8 nitrogen and oxygen atoms in total. The molecule has 1 unspecified atom stereocenters. The van der Waals surface area contributed by atoms with E-state index in [0.717, 1.165) is 5.56 Å². The van der Waals surface area contributed by atoms with Crippen LogP contribution in [0.15, 0.2) is 48.8 Å². The number of methoxy groups -OCH3 is 1. The monoisotopic (exact) mass is 383 g/mol. The highest BCUT2D eigenvalue weighted by Gasteiger charge is 2.18. The molecule has 138 valence electrons. The van der Waals surface area contributed by atoms with Crippen molar-refractivity contribution < 1.29 is 14.3 Å². The molecular weight excluding hydrogens is 366 g/mol. The number of carbonyl (C=O) groups is 2. The van der Waals surface area contributed by atoms with E-state index in [0.29, 0.717) is 21.5 Å². The summed E-state index contributed by atoms with van der Waals surface area (Å²) in [6, 6.07) is 9.93. The maximum atomic E-state index is 12.3. The van der Waals surface area contributed by atoms with Gasteiger partial charge in [0.15, 0.2) is 0 Å². The first kappa shape index (κ1) is 18.5. The zero-order chi connectivity index (χ0) is 19.2. The van der Waals surface area contributed by atoms with Crippen LogP contribution in [-0.2, 0) is 4.79 Å². The van der Waals surface area contributed by atoms with Crippen molar-refractivity contribution in [2.45, 2.75) is 13.0 Å². The highest BCUT2D eigenvalue weighted by molar-refractivity contribution is 7.18. The smallest absolute Gasteiger partial charge is 0.253 e. The number of ether oxygens (including phenoxy) is 1. The fourth-order valence-corrected chi connectivity index (χ4v) is 2.95. The zero-order valence-electron chi connectivity index (χ0n) is 14.7. The fraction of sp³-hybridized carbons (Fsp3) is 0.167. The van der Waals surface area contributed by atoms with Crippen LogP contribution in [0.2, 0.25) is 0 Å². The number of carbonyl (C=O) groups excluding carboxylic acids is 2. The highest BCUT2D eigenvalue weighted by atomic mass is 32.1. The maximum Gasteiger partial charge on any atom is 0.253 e. The molecule has 0 radical (unpaired) electrons. The summed E-state index contributed by atoms with van der Waals surface area (Å²) >= 11 is 1.23. The van der Waals surface area contributed by atoms with Gasteiger partial charge in [0.25, 0.3) is 5.91 Å². The second-order valence-corrected chi connectivity index (χ2v) is 6.55. The number of nitrogens with one attached hydrogen (secondary N) is 2. The minimum Gasteiger partial charge on any atom is -0.497 e. The van der Waals surface area contributed by atoms with Crippen LogP contribution in [0.1, 0.15) is 17.3 Å². The summed E-state index contributed by atoms with van der Waals surface area (Å²) in [4.78, 5) is 28.3. The van der Waals surface area contributed by atoms with Crippen molar-refractivity contribution in [3.8, 4) is 16.3 Å². The van der Waals surface area contributed by atoms with E-state index < -0.39 is 6.04 Å². The van der Waals surface area contributed by atoms with E-state index in [9.17, 15) is 9.59 Å². The van der Waals surface area contributed by atoms with E-state index >= 15 is 0 Å². The number of benzene rings is 1. The quantitative estimate of drug-likeness (QED) is 0.677. The Morgan fingerprint density at radius 3 is 2.78 bits per heavy atom. The number of anilines is 1. The van der Waals surface area contributed by atoms with Crippen molar-refractivity contribution in [2.75, 3.05) is 12.4 Å². The Kier molecular flexibility index (Phi) is 5.72. The van der Waals surface area contributed by atoms with Gasteiger partial charge >= 0.3 is 0 Å². The van der Waals surface area contributed by atoms with Crippen LogP contribution >= 0.6 is 11.3 Å². The SMILES string of the molecule is COc1cccc(-c2nnc(NC(=O)C(C)NC(=O)c3cccnc3)s2)c1. The molecule has 27 heavy (non-hydrogen) atoms. The Hall–Kier alpha value is -3.33. The normalized spacial score (nSPS) is 11.5. The van der Waals surface area contributed by atoms with E-state index in [1.807, 2.05) is 24.3 Å². The van der Waals surface area contributed by atoms with Crippen molar-refractivity contribution in [1.29, 1.82) is 0 Å². The minimum absolute atomic E-state index is 0.347. The van der Waals surface area contributed by atoms with E-state index in [1.165, 1.54) is 17.5 Å². The maximum absolute atomic E-state index is 12.3. The molecule has 2 heterocycles. The van der Waals surface area contributed by atoms with Gasteiger partial charge in [-0.05, 0) is 31.2 Å². The first-order valence-corrected chi connectivity index (χ1v) is 8.88. The Bertz CT molecular complexity index is 945. The zero-order valence-corrected chi connectivity index (χ0v) is 15.5. The molecule has 0 aliphatic rings. The van der Waals surface area contributed by atoms with E-state index in [2.05, 4.69) is 25.8 Å². The fourth-order valence-electron chi connectivity index (χ4n) is 2.20. The first-order chi connectivity index (χ1) is 13.1. The second kappa shape index (κ2) is 8.37. The predicted molar refractivity (Wildman–Crippen MR) is 102 cm³/mol. The molecule has 3 aromatic rings. The van der Waals surface area contributed by atoms with Gasteiger partial charge in [0.1, 0.15) is 16.8 Å². The summed E-state index contributed by atoms with van der Waals surface area (Å²) in [5.41, 5.74) is 1.22. The first-order valence-electron chi connectivity index (χ1n) is 8.06. The van der Waals surface area contributed by atoms with Crippen molar-refractivity contribution in [1.82, 2.24) is 20.5 Å². The number of hydrogen-bond donors (Lipinski definition) is 2. The summed E-state index contributed by atoms with van der Waals surface area (Å²) in [6.07, 6.45) is 3.01. The number of aromatic nitrogens is 3. The lowest BCUT2D eigenvalue weighted by molar-refractivity contribution is -0.117. The molecule has 2 amide bonds. The van der Waals surface area contributed by atoms with E-state index in [1.54, 1.807) is 32.4 Å². The van der Waals surface area contributed by atoms with Gasteiger partial charge < -0.3 is 10.1 Å². The highest BCUT2D eigenvalue weighted by Crippen LogP contribution is 2.28. The molecular formula is C18H17N5O3S. The van der Waals surface area contributed by atoms with Crippen molar-refractivity contribution >= 4 is 28.3 Å². The third-order valence-corrected chi connectivity index (χ3v) is 4.52. The lowest BCUT2D eigenvalue weighted by Gasteiger charge is -2.12. The van der Waals surface area contributed by atoms with E-state index in [-0.39, 0.29) is 11.8 Å². The topological polar surface area (TPSA) is 106 Å². The van der Waals surface area contributed by atoms with Crippen LogP contribution in [0.5, 0.6) is 5.75 Å². The number of amides is 2. The molecule has 1 aromatic carbocycles. The Morgan fingerprint density at radius 1 is 1.19 bits per heavy atom. The molecule has 1 atom stereocenters. The van der Waals surface area contributed by atoms with Gasteiger partial charge in [-0.2, -0.15) is 0 Å². The second-order valence-electron chi connectivity index (χ2n) is 5.57. The molecule has 3 rings (SSSR count). The Balaban J connectivity index is 1.62. The van der Waals surface area contributed by atoms with E-state index in [4.69, 9.17) is 4.74 Å². The summed E-state index contributed by atoms with van der Waals surface area (Å²) in [6.45, 7) is 1.59. The number of nitrogens with zero attached hydrogens (tertiary/aromatic N) is 3. The molecule has 0 bridgehead atoms. The molecule has 2 aromatic heterocycles. The molecule has 0 saturated heterocycles. The summed E-state index contributed by atoms with van der Waals surface area (Å²) in [5, 5.41) is 14.3. The van der Waals surface area contributed by atoms with Crippen molar-refractivity contribution in [3.05, 3.63) is 54.4 Å². The van der Waals surface area contributed by atoms with Gasteiger partial charge in [0, 0.05) is 18.0 Å². The van der Waals surface area contributed by atoms with Gasteiger partial charge in [0.2, 0.25) is 11.0 Å². The Labute approximate surface area is 159 Å². The van der Waals surface area contributed by atoms with Crippen LogP contribution < -0.4 is 15.4 Å². The minimum atomic E-state index is -0.748. The summed E-state index contributed by atoms with van der Waals surface area (Å²) < 4.78 is 5.19. The standard InChI is InChI=1S/C18H17N5O3S/c1-11(20-16(25)13-6-4-8-19-10-13)15(24)21-18-23-22-17(27-18)12-5-3-7-14(9-12)26-2/h3-11H,1-2H3,(H,20,25)(H,21,23,24). The van der Waals surface area contributed by atoms with Crippen molar-refractivity contribution in [2.24, 2.45) is 0 Å². The molecule has 9 heteroatoms. The van der Waals surface area contributed by atoms with Gasteiger partial charge in [-0.15, -0.1) is 10.2 Å².